The molecule has 0 bridgehead atoms. The summed E-state index contributed by atoms with van der Waals surface area (Å²) in [7, 11) is 0. The highest BCUT2D eigenvalue weighted by Crippen LogP contribution is 2.44. The molecule has 0 unspecified atom stereocenters. The van der Waals surface area contributed by atoms with Crippen LogP contribution in [0.4, 0.5) is 0 Å². The van der Waals surface area contributed by atoms with Crippen molar-refractivity contribution in [2.24, 2.45) is 0 Å². The van der Waals surface area contributed by atoms with Crippen molar-refractivity contribution < 1.29 is 4.74 Å². The van der Waals surface area contributed by atoms with Crippen molar-refractivity contribution in [3.05, 3.63) is 91.0 Å². The zero-order valence-corrected chi connectivity index (χ0v) is 19.3. The Hall–Kier alpha value is -4.16. The van der Waals surface area contributed by atoms with Gasteiger partial charge in [-0.2, -0.15) is 4.98 Å². The zero-order chi connectivity index (χ0) is 22.9. The average molecular weight is 461 g/mol. The summed E-state index contributed by atoms with van der Waals surface area (Å²) in [5.74, 6) is 1.21. The number of benzene rings is 3. The van der Waals surface area contributed by atoms with E-state index in [1.807, 2.05) is 73.7 Å². The molecule has 0 aliphatic heterocycles. The Bertz CT molecular complexity index is 1600. The van der Waals surface area contributed by atoms with Crippen LogP contribution in [0, 0.1) is 0 Å². The second-order valence-electron chi connectivity index (χ2n) is 7.77. The van der Waals surface area contributed by atoms with Gasteiger partial charge in [0.25, 0.3) is 0 Å². The monoisotopic (exact) mass is 460 g/mol. The smallest absolute Gasteiger partial charge is 0.235 e. The molecule has 0 spiro atoms. The molecule has 0 radical (unpaired) electrons. The fraction of sp³-hybridized carbons (Fsp3) is 0.0714. The third-order valence-electron chi connectivity index (χ3n) is 5.63. The third kappa shape index (κ3) is 3.49. The van der Waals surface area contributed by atoms with Gasteiger partial charge in [-0.3, -0.25) is 0 Å². The van der Waals surface area contributed by atoms with Crippen molar-refractivity contribution in [1.82, 2.24) is 20.2 Å². The van der Waals surface area contributed by atoms with Gasteiger partial charge in [-0.05, 0) is 12.5 Å². The van der Waals surface area contributed by atoms with Crippen LogP contribution in [-0.4, -0.2) is 26.8 Å². The van der Waals surface area contributed by atoms with Crippen LogP contribution in [0.15, 0.2) is 91.0 Å². The van der Waals surface area contributed by atoms with E-state index in [-0.39, 0.29) is 0 Å². The molecule has 34 heavy (non-hydrogen) atoms. The minimum absolute atomic E-state index is 0.515. The summed E-state index contributed by atoms with van der Waals surface area (Å²) in [6.07, 6.45) is 0. The maximum Gasteiger partial charge on any atom is 0.235 e. The molecule has 5 nitrogen and oxygen atoms in total. The van der Waals surface area contributed by atoms with E-state index in [0.717, 1.165) is 48.4 Å². The van der Waals surface area contributed by atoms with Crippen LogP contribution in [0.2, 0.25) is 0 Å². The minimum atomic E-state index is 0.515. The van der Waals surface area contributed by atoms with Gasteiger partial charge in [0.2, 0.25) is 5.88 Å². The average Bonchev–Trinajstić information content (AvgIpc) is 3.29. The van der Waals surface area contributed by atoms with Crippen molar-refractivity contribution in [2.45, 2.75) is 6.92 Å². The topological polar surface area (TPSA) is 60.8 Å². The molecule has 0 aliphatic rings. The van der Waals surface area contributed by atoms with E-state index in [1.165, 1.54) is 11.3 Å². The summed E-state index contributed by atoms with van der Waals surface area (Å²) < 4.78 is 6.87. The largest absolute Gasteiger partial charge is 0.477 e. The second kappa shape index (κ2) is 8.65. The predicted molar refractivity (Wildman–Crippen MR) is 138 cm³/mol. The van der Waals surface area contributed by atoms with E-state index in [2.05, 4.69) is 34.5 Å². The quantitative estimate of drug-likeness (QED) is 0.276. The van der Waals surface area contributed by atoms with E-state index in [9.17, 15) is 0 Å². The van der Waals surface area contributed by atoms with Gasteiger partial charge in [0.05, 0.1) is 12.1 Å². The Kier molecular flexibility index (Phi) is 5.20. The van der Waals surface area contributed by atoms with Crippen LogP contribution >= 0.6 is 11.3 Å². The van der Waals surface area contributed by atoms with Crippen LogP contribution in [0.5, 0.6) is 5.88 Å². The van der Waals surface area contributed by atoms with Gasteiger partial charge in [0.1, 0.15) is 15.2 Å². The number of nitrogens with zero attached hydrogens (tertiary/aromatic N) is 4. The fourth-order valence-corrected chi connectivity index (χ4v) is 5.15. The van der Waals surface area contributed by atoms with E-state index < -0.39 is 0 Å². The second-order valence-corrected chi connectivity index (χ2v) is 8.77. The Morgan fingerprint density at radius 2 is 1.32 bits per heavy atom. The predicted octanol–water partition coefficient (Wildman–Crippen LogP) is 7.03. The van der Waals surface area contributed by atoms with Gasteiger partial charge in [0, 0.05) is 22.1 Å². The van der Waals surface area contributed by atoms with Crippen molar-refractivity contribution in [3.63, 3.8) is 0 Å². The lowest BCUT2D eigenvalue weighted by Crippen LogP contribution is -1.98. The molecule has 0 amide bonds. The van der Waals surface area contributed by atoms with Gasteiger partial charge in [0.15, 0.2) is 5.82 Å². The van der Waals surface area contributed by atoms with Crippen LogP contribution < -0.4 is 4.74 Å². The molecule has 0 saturated carbocycles. The maximum absolute atomic E-state index is 5.98. The van der Waals surface area contributed by atoms with E-state index in [0.29, 0.717) is 18.3 Å². The Labute approximate surface area is 200 Å². The molecule has 6 rings (SSSR count). The van der Waals surface area contributed by atoms with Crippen LogP contribution in [-0.2, 0) is 0 Å². The molecular formula is C28H20N4OS. The van der Waals surface area contributed by atoms with E-state index in [4.69, 9.17) is 14.7 Å². The van der Waals surface area contributed by atoms with E-state index >= 15 is 0 Å². The van der Waals surface area contributed by atoms with Gasteiger partial charge in [-0.15, -0.1) is 21.5 Å². The summed E-state index contributed by atoms with van der Waals surface area (Å²) in [6, 6.07) is 30.5. The van der Waals surface area contributed by atoms with E-state index in [1.54, 1.807) is 0 Å². The molecule has 0 fully saturated rings. The molecule has 0 aliphatic carbocycles. The molecule has 6 heteroatoms. The number of ether oxygens (including phenoxy) is 1. The van der Waals surface area contributed by atoms with Gasteiger partial charge < -0.3 is 4.74 Å². The van der Waals surface area contributed by atoms with Crippen molar-refractivity contribution in [1.29, 1.82) is 0 Å². The number of aromatic nitrogens is 4. The molecule has 3 aromatic carbocycles. The normalized spacial score (nSPS) is 11.2. The summed E-state index contributed by atoms with van der Waals surface area (Å²) in [6.45, 7) is 2.48. The molecule has 3 aromatic heterocycles. The standard InChI is InChI=1S/C28H20N4OS/c1-2-33-27-25-24(29-26(30-27)20-16-10-5-11-17-20)22-21(18-12-6-3-7-13-18)23(31-32-28(22)34-25)19-14-8-4-9-15-19/h3-17H,2H2,1H3. The minimum Gasteiger partial charge on any atom is -0.477 e. The highest BCUT2D eigenvalue weighted by atomic mass is 32.1. The molecule has 3 heterocycles. The van der Waals surface area contributed by atoms with Crippen LogP contribution in [0.3, 0.4) is 0 Å². The lowest BCUT2D eigenvalue weighted by atomic mass is 9.97. The first kappa shape index (κ1) is 20.4. The first-order valence-electron chi connectivity index (χ1n) is 11.1. The first-order valence-corrected chi connectivity index (χ1v) is 11.9. The zero-order valence-electron chi connectivity index (χ0n) is 18.5. The van der Waals surface area contributed by atoms with Crippen molar-refractivity contribution in [2.75, 3.05) is 6.61 Å². The SMILES string of the molecule is CCOc1nc(-c2ccccc2)nc2c1sc1nnc(-c3ccccc3)c(-c3ccccc3)c12. The summed E-state index contributed by atoms with van der Waals surface area (Å²) in [4.78, 5) is 10.6. The number of fused-ring (bicyclic) bond motifs is 3. The summed E-state index contributed by atoms with van der Waals surface area (Å²) in [5, 5.41) is 10.3. The highest BCUT2D eigenvalue weighted by Gasteiger charge is 2.23. The number of hydrogen-bond acceptors (Lipinski definition) is 6. The third-order valence-corrected chi connectivity index (χ3v) is 6.69. The van der Waals surface area contributed by atoms with Crippen LogP contribution in [0.25, 0.3) is 54.2 Å². The molecule has 0 atom stereocenters. The Balaban J connectivity index is 1.75. The highest BCUT2D eigenvalue weighted by molar-refractivity contribution is 7.25. The maximum atomic E-state index is 5.98. The fourth-order valence-electron chi connectivity index (χ4n) is 4.13. The molecule has 164 valence electrons. The van der Waals surface area contributed by atoms with Gasteiger partial charge in [-0.1, -0.05) is 91.0 Å². The number of thiophene rings is 1. The van der Waals surface area contributed by atoms with Crippen LogP contribution in [0.1, 0.15) is 6.92 Å². The molecule has 6 aromatic rings. The number of rotatable bonds is 5. The van der Waals surface area contributed by atoms with Gasteiger partial charge >= 0.3 is 0 Å². The molecular weight excluding hydrogens is 440 g/mol. The Morgan fingerprint density at radius 3 is 1.97 bits per heavy atom. The summed E-state index contributed by atoms with van der Waals surface area (Å²) in [5.41, 5.74) is 5.70. The van der Waals surface area contributed by atoms with Crippen molar-refractivity contribution >= 4 is 31.8 Å². The molecule has 0 saturated heterocycles. The number of hydrogen-bond donors (Lipinski definition) is 0. The first-order chi connectivity index (χ1) is 16.8. The van der Waals surface area contributed by atoms with Gasteiger partial charge in [-0.25, -0.2) is 4.98 Å². The molecule has 0 N–H and O–H groups in total. The van der Waals surface area contributed by atoms with Crippen molar-refractivity contribution in [3.8, 4) is 39.7 Å². The lowest BCUT2D eigenvalue weighted by molar-refractivity contribution is 0.332. The Morgan fingerprint density at radius 1 is 0.706 bits per heavy atom. The lowest BCUT2D eigenvalue weighted by Gasteiger charge is -2.11. The summed E-state index contributed by atoms with van der Waals surface area (Å²) >= 11 is 1.52.